The third-order valence-corrected chi connectivity index (χ3v) is 2.31. The van der Waals surface area contributed by atoms with Crippen LogP contribution < -0.4 is 5.32 Å². The molecule has 5 nitrogen and oxygen atoms in total. The van der Waals surface area contributed by atoms with Crippen molar-refractivity contribution in [1.29, 1.82) is 5.26 Å². The highest BCUT2D eigenvalue weighted by molar-refractivity contribution is 5.77. The minimum absolute atomic E-state index is 0.0190. The molecule has 2 N–H and O–H groups in total. The van der Waals surface area contributed by atoms with Crippen LogP contribution in [0.5, 0.6) is 0 Å². The molecule has 0 unspecified atom stereocenters. The maximum Gasteiger partial charge on any atom is 0.303 e. The normalized spacial score (nSPS) is 10.6. The first-order valence-corrected chi connectivity index (χ1v) is 5.73. The molecule has 0 aliphatic carbocycles. The van der Waals surface area contributed by atoms with E-state index in [1.54, 1.807) is 13.8 Å². The van der Waals surface area contributed by atoms with E-state index < -0.39 is 11.4 Å². The van der Waals surface area contributed by atoms with Gasteiger partial charge in [0.1, 0.15) is 0 Å². The second-order valence-electron chi connectivity index (χ2n) is 4.88. The summed E-state index contributed by atoms with van der Waals surface area (Å²) in [6.45, 7) is 4.07. The van der Waals surface area contributed by atoms with Gasteiger partial charge in [-0.25, -0.2) is 0 Å². The Labute approximate surface area is 102 Å². The highest BCUT2D eigenvalue weighted by Crippen LogP contribution is 2.24. The molecule has 0 saturated carbocycles. The van der Waals surface area contributed by atoms with Gasteiger partial charge in [-0.2, -0.15) is 5.26 Å². The average Bonchev–Trinajstić information content (AvgIpc) is 2.14. The van der Waals surface area contributed by atoms with E-state index in [-0.39, 0.29) is 18.7 Å². The molecule has 0 saturated heterocycles. The fourth-order valence-electron chi connectivity index (χ4n) is 1.53. The quantitative estimate of drug-likeness (QED) is 0.632. The number of hydrogen-bond acceptors (Lipinski definition) is 3. The zero-order valence-corrected chi connectivity index (χ0v) is 10.5. The van der Waals surface area contributed by atoms with E-state index in [1.165, 1.54) is 0 Å². The van der Waals surface area contributed by atoms with Crippen molar-refractivity contribution in [1.82, 2.24) is 5.32 Å². The zero-order chi connectivity index (χ0) is 13.3. The number of carboxylic acid groups (broad SMARTS) is 1. The molecule has 0 aromatic heterocycles. The van der Waals surface area contributed by atoms with Gasteiger partial charge in [0.05, 0.1) is 12.5 Å². The summed E-state index contributed by atoms with van der Waals surface area (Å²) in [5, 5.41) is 19.7. The molecule has 96 valence electrons. The van der Waals surface area contributed by atoms with Crippen LogP contribution in [0.25, 0.3) is 0 Å². The predicted molar refractivity (Wildman–Crippen MR) is 63.1 cm³/mol. The summed E-state index contributed by atoms with van der Waals surface area (Å²) in [5.74, 6) is -1.02. The Morgan fingerprint density at radius 2 is 1.94 bits per heavy atom. The van der Waals surface area contributed by atoms with Crippen LogP contribution >= 0.6 is 0 Å². The van der Waals surface area contributed by atoms with Crippen LogP contribution in [0.3, 0.4) is 0 Å². The molecule has 0 bridgehead atoms. The monoisotopic (exact) mass is 240 g/mol. The van der Waals surface area contributed by atoms with Gasteiger partial charge in [-0.1, -0.05) is 13.8 Å². The summed E-state index contributed by atoms with van der Waals surface area (Å²) < 4.78 is 0. The smallest absolute Gasteiger partial charge is 0.303 e. The SMILES string of the molecule is CC(C)(CC(=O)O)CC(=O)NCCCCC#N. The number of aliphatic carboxylic acids is 1. The van der Waals surface area contributed by atoms with Crippen molar-refractivity contribution in [2.75, 3.05) is 6.54 Å². The number of nitrogens with zero attached hydrogens (tertiary/aromatic N) is 1. The van der Waals surface area contributed by atoms with Crippen molar-refractivity contribution in [3.05, 3.63) is 0 Å². The Hall–Kier alpha value is -1.57. The van der Waals surface area contributed by atoms with Gasteiger partial charge in [-0.15, -0.1) is 0 Å². The molecule has 0 aromatic carbocycles. The molecule has 17 heavy (non-hydrogen) atoms. The topological polar surface area (TPSA) is 90.2 Å². The Balaban J connectivity index is 3.78. The lowest BCUT2D eigenvalue weighted by Crippen LogP contribution is -2.30. The van der Waals surface area contributed by atoms with Gasteiger partial charge in [0.2, 0.25) is 5.91 Å². The first kappa shape index (κ1) is 15.4. The molecule has 0 rings (SSSR count). The number of amides is 1. The van der Waals surface area contributed by atoms with E-state index in [4.69, 9.17) is 10.4 Å². The van der Waals surface area contributed by atoms with Crippen LogP contribution in [0, 0.1) is 16.7 Å². The Kier molecular flexibility index (Phi) is 6.95. The van der Waals surface area contributed by atoms with Crippen molar-refractivity contribution in [3.63, 3.8) is 0 Å². The second-order valence-corrected chi connectivity index (χ2v) is 4.88. The van der Waals surface area contributed by atoms with Gasteiger partial charge >= 0.3 is 5.97 Å². The van der Waals surface area contributed by atoms with E-state index in [0.29, 0.717) is 13.0 Å². The molecule has 0 radical (unpaired) electrons. The van der Waals surface area contributed by atoms with E-state index >= 15 is 0 Å². The molecule has 0 spiro atoms. The average molecular weight is 240 g/mol. The van der Waals surface area contributed by atoms with Gasteiger partial charge in [-0.3, -0.25) is 9.59 Å². The van der Waals surface area contributed by atoms with Gasteiger partial charge in [0.25, 0.3) is 0 Å². The lowest BCUT2D eigenvalue weighted by Gasteiger charge is -2.21. The fourth-order valence-corrected chi connectivity index (χ4v) is 1.53. The van der Waals surface area contributed by atoms with Crippen LogP contribution in [0.2, 0.25) is 0 Å². The number of hydrogen-bond donors (Lipinski definition) is 2. The highest BCUT2D eigenvalue weighted by Gasteiger charge is 2.24. The molecule has 0 aliphatic heterocycles. The Bertz CT molecular complexity index is 305. The number of carboxylic acids is 1. The van der Waals surface area contributed by atoms with Gasteiger partial charge in [0.15, 0.2) is 0 Å². The largest absolute Gasteiger partial charge is 0.481 e. The van der Waals surface area contributed by atoms with E-state index in [2.05, 4.69) is 5.32 Å². The Morgan fingerprint density at radius 1 is 1.29 bits per heavy atom. The van der Waals surface area contributed by atoms with Gasteiger partial charge in [0, 0.05) is 19.4 Å². The van der Waals surface area contributed by atoms with Crippen LogP contribution in [0.4, 0.5) is 0 Å². The van der Waals surface area contributed by atoms with Gasteiger partial charge in [-0.05, 0) is 18.3 Å². The summed E-state index contributed by atoms with van der Waals surface area (Å²) in [7, 11) is 0. The third-order valence-electron chi connectivity index (χ3n) is 2.31. The van der Waals surface area contributed by atoms with Crippen molar-refractivity contribution in [3.8, 4) is 6.07 Å². The molecule has 1 amide bonds. The van der Waals surface area contributed by atoms with Crippen LogP contribution in [0.1, 0.15) is 46.0 Å². The molecule has 0 fully saturated rings. The number of nitrogens with one attached hydrogen (secondary N) is 1. The summed E-state index contributed by atoms with van der Waals surface area (Å²) in [6, 6.07) is 2.04. The van der Waals surface area contributed by atoms with Crippen molar-refractivity contribution in [2.45, 2.75) is 46.0 Å². The van der Waals surface area contributed by atoms with Crippen LogP contribution in [0.15, 0.2) is 0 Å². The molecule has 5 heteroatoms. The van der Waals surface area contributed by atoms with Crippen molar-refractivity contribution in [2.24, 2.45) is 5.41 Å². The fraction of sp³-hybridized carbons (Fsp3) is 0.750. The number of carbonyl (C=O) groups excluding carboxylic acids is 1. The lowest BCUT2D eigenvalue weighted by atomic mass is 9.85. The number of rotatable bonds is 8. The van der Waals surface area contributed by atoms with E-state index in [1.807, 2.05) is 6.07 Å². The predicted octanol–water partition coefficient (Wildman–Crippen LogP) is 1.69. The molecule has 0 heterocycles. The minimum atomic E-state index is -0.892. The summed E-state index contributed by atoms with van der Waals surface area (Å²) >= 11 is 0. The Morgan fingerprint density at radius 3 is 2.47 bits per heavy atom. The van der Waals surface area contributed by atoms with Crippen LogP contribution in [-0.2, 0) is 9.59 Å². The maximum absolute atomic E-state index is 11.5. The molecular formula is C12H20N2O3. The molecule has 0 aromatic rings. The van der Waals surface area contributed by atoms with E-state index in [9.17, 15) is 9.59 Å². The maximum atomic E-state index is 11.5. The summed E-state index contributed by atoms with van der Waals surface area (Å²) in [4.78, 5) is 22.1. The molecule has 0 atom stereocenters. The van der Waals surface area contributed by atoms with Crippen LogP contribution in [-0.4, -0.2) is 23.5 Å². The first-order valence-electron chi connectivity index (χ1n) is 5.73. The van der Waals surface area contributed by atoms with Crippen molar-refractivity contribution < 1.29 is 14.7 Å². The second kappa shape index (κ2) is 7.66. The minimum Gasteiger partial charge on any atom is -0.481 e. The van der Waals surface area contributed by atoms with Crippen molar-refractivity contribution >= 4 is 11.9 Å². The third kappa shape index (κ3) is 9.36. The van der Waals surface area contributed by atoms with Gasteiger partial charge < -0.3 is 10.4 Å². The number of carbonyl (C=O) groups is 2. The molecular weight excluding hydrogens is 220 g/mol. The standard InChI is InChI=1S/C12H20N2O3/c1-12(2,9-11(16)17)8-10(15)14-7-5-3-4-6-13/h3-5,7-9H2,1-2H3,(H,14,15)(H,16,17). The summed E-state index contributed by atoms with van der Waals surface area (Å²) in [6.07, 6.45) is 2.24. The molecule has 0 aliphatic rings. The first-order chi connectivity index (χ1) is 7.87. The van der Waals surface area contributed by atoms with E-state index in [0.717, 1.165) is 12.8 Å². The highest BCUT2D eigenvalue weighted by atomic mass is 16.4. The summed E-state index contributed by atoms with van der Waals surface area (Å²) in [5.41, 5.74) is -0.525. The number of nitriles is 1. The zero-order valence-electron chi connectivity index (χ0n) is 10.5. The number of unbranched alkanes of at least 4 members (excludes halogenated alkanes) is 2. The lowest BCUT2D eigenvalue weighted by molar-refractivity contribution is -0.139.